The summed E-state index contributed by atoms with van der Waals surface area (Å²) in [6.07, 6.45) is 3.21. The summed E-state index contributed by atoms with van der Waals surface area (Å²) in [5, 5.41) is 7.40. The highest BCUT2D eigenvalue weighted by Gasteiger charge is 2.32. The van der Waals surface area contributed by atoms with Crippen LogP contribution in [0.4, 0.5) is 16.4 Å². The Morgan fingerprint density at radius 2 is 1.89 bits per heavy atom. The van der Waals surface area contributed by atoms with Crippen molar-refractivity contribution in [3.8, 4) is 5.75 Å². The van der Waals surface area contributed by atoms with Crippen molar-refractivity contribution in [2.45, 2.75) is 52.7 Å². The molecule has 0 aliphatic carbocycles. The molecule has 188 valence electrons. The van der Waals surface area contributed by atoms with Crippen molar-refractivity contribution in [3.63, 3.8) is 0 Å². The first kappa shape index (κ1) is 24.6. The van der Waals surface area contributed by atoms with E-state index in [0.29, 0.717) is 30.1 Å². The number of amides is 1. The van der Waals surface area contributed by atoms with E-state index in [2.05, 4.69) is 27.2 Å². The Morgan fingerprint density at radius 3 is 2.51 bits per heavy atom. The molecule has 3 N–H and O–H groups in total. The molecule has 2 aromatic heterocycles. The molecule has 1 amide bonds. The van der Waals surface area contributed by atoms with E-state index >= 15 is 0 Å². The molecule has 0 unspecified atom stereocenters. The van der Waals surface area contributed by atoms with Crippen LogP contribution in [0.1, 0.15) is 46.1 Å². The van der Waals surface area contributed by atoms with Crippen molar-refractivity contribution in [2.75, 3.05) is 37.4 Å². The lowest BCUT2D eigenvalue weighted by atomic mass is 9.80. The third-order valence-electron chi connectivity index (χ3n) is 6.30. The van der Waals surface area contributed by atoms with E-state index < -0.39 is 5.60 Å². The summed E-state index contributed by atoms with van der Waals surface area (Å²) in [4.78, 5) is 23.7. The minimum Gasteiger partial charge on any atom is -0.497 e. The molecule has 1 fully saturated rings. The van der Waals surface area contributed by atoms with Gasteiger partial charge in [-0.25, -0.2) is 19.4 Å². The number of aromatic nitrogens is 4. The number of ether oxygens (including phenoxy) is 2. The van der Waals surface area contributed by atoms with Gasteiger partial charge in [0.15, 0.2) is 17.0 Å². The predicted octanol–water partition coefficient (Wildman–Crippen LogP) is 3.60. The fourth-order valence-electron chi connectivity index (χ4n) is 4.17. The summed E-state index contributed by atoms with van der Waals surface area (Å²) >= 11 is 0. The van der Waals surface area contributed by atoms with Gasteiger partial charge in [-0.05, 0) is 56.7 Å². The SMILES string of the molecule is COc1ccc(Cn2nc(N)c3ncc(N4CCC(C)(CNC(=O)OC(C)(C)C)CC4)nc32)cc1. The number of piperidine rings is 1. The molecule has 0 bridgehead atoms. The number of hydrogen-bond donors (Lipinski definition) is 2. The molecule has 1 aliphatic heterocycles. The monoisotopic (exact) mass is 481 g/mol. The van der Waals surface area contributed by atoms with Gasteiger partial charge in [0.1, 0.15) is 17.2 Å². The van der Waals surface area contributed by atoms with Gasteiger partial charge in [-0.3, -0.25) is 0 Å². The molecule has 35 heavy (non-hydrogen) atoms. The van der Waals surface area contributed by atoms with Gasteiger partial charge >= 0.3 is 6.09 Å². The molecule has 3 aromatic rings. The van der Waals surface area contributed by atoms with Crippen LogP contribution in [0, 0.1) is 5.41 Å². The molecule has 0 radical (unpaired) electrons. The van der Waals surface area contributed by atoms with Crippen LogP contribution in [0.3, 0.4) is 0 Å². The summed E-state index contributed by atoms with van der Waals surface area (Å²) in [5.74, 6) is 1.97. The number of hydrogen-bond acceptors (Lipinski definition) is 8. The number of benzene rings is 1. The number of methoxy groups -OCH3 is 1. The normalized spacial score (nSPS) is 15.7. The van der Waals surface area contributed by atoms with Gasteiger partial charge in [0, 0.05) is 19.6 Å². The first-order valence-electron chi connectivity index (χ1n) is 11.9. The molecule has 0 atom stereocenters. The molecule has 0 spiro atoms. The highest BCUT2D eigenvalue weighted by atomic mass is 16.6. The second-order valence-corrected chi connectivity index (χ2v) is 10.4. The Morgan fingerprint density at radius 1 is 1.20 bits per heavy atom. The largest absolute Gasteiger partial charge is 0.497 e. The van der Waals surface area contributed by atoms with Gasteiger partial charge in [0.2, 0.25) is 0 Å². The highest BCUT2D eigenvalue weighted by Crippen LogP contribution is 2.32. The van der Waals surface area contributed by atoms with E-state index in [1.54, 1.807) is 18.0 Å². The van der Waals surface area contributed by atoms with Crippen molar-refractivity contribution in [2.24, 2.45) is 5.41 Å². The van der Waals surface area contributed by atoms with Gasteiger partial charge in [-0.2, -0.15) is 5.10 Å². The third kappa shape index (κ3) is 5.93. The summed E-state index contributed by atoms with van der Waals surface area (Å²) in [7, 11) is 1.65. The van der Waals surface area contributed by atoms with Crippen LogP contribution in [-0.2, 0) is 11.3 Å². The topological polar surface area (TPSA) is 120 Å². The lowest BCUT2D eigenvalue weighted by molar-refractivity contribution is 0.0495. The maximum Gasteiger partial charge on any atom is 0.407 e. The molecule has 10 nitrogen and oxygen atoms in total. The Balaban J connectivity index is 1.43. The van der Waals surface area contributed by atoms with E-state index in [0.717, 1.165) is 43.1 Å². The zero-order valence-corrected chi connectivity index (χ0v) is 21.2. The molecule has 1 saturated heterocycles. The summed E-state index contributed by atoms with van der Waals surface area (Å²) < 4.78 is 12.4. The second-order valence-electron chi connectivity index (χ2n) is 10.4. The number of nitrogens with one attached hydrogen (secondary N) is 1. The highest BCUT2D eigenvalue weighted by molar-refractivity contribution is 5.83. The smallest absolute Gasteiger partial charge is 0.407 e. The third-order valence-corrected chi connectivity index (χ3v) is 6.30. The van der Waals surface area contributed by atoms with Crippen molar-refractivity contribution in [3.05, 3.63) is 36.0 Å². The summed E-state index contributed by atoms with van der Waals surface area (Å²) in [6, 6.07) is 7.83. The van der Waals surface area contributed by atoms with Crippen LogP contribution in [0.5, 0.6) is 5.75 Å². The Hall–Kier alpha value is -3.56. The number of anilines is 2. The number of fused-ring (bicyclic) bond motifs is 1. The molecular formula is C25H35N7O3. The molecule has 0 saturated carbocycles. The number of nitrogen functional groups attached to an aromatic ring is 1. The van der Waals surface area contributed by atoms with Crippen molar-refractivity contribution >= 4 is 28.9 Å². The summed E-state index contributed by atoms with van der Waals surface area (Å²) in [5.41, 5.74) is 7.94. The number of carbonyl (C=O) groups is 1. The number of nitrogens with two attached hydrogens (primary N) is 1. The molecule has 1 aliphatic rings. The lowest BCUT2D eigenvalue weighted by Crippen LogP contribution is -2.46. The van der Waals surface area contributed by atoms with Crippen LogP contribution in [0.25, 0.3) is 11.2 Å². The molecule has 10 heteroatoms. The minimum atomic E-state index is -0.505. The Labute approximate surface area is 205 Å². The average Bonchev–Trinajstić information content (AvgIpc) is 3.12. The van der Waals surface area contributed by atoms with Crippen LogP contribution < -0.4 is 20.7 Å². The van der Waals surface area contributed by atoms with E-state index in [1.807, 2.05) is 45.0 Å². The zero-order valence-electron chi connectivity index (χ0n) is 21.2. The van der Waals surface area contributed by atoms with E-state index in [1.165, 1.54) is 0 Å². The van der Waals surface area contributed by atoms with E-state index in [9.17, 15) is 4.79 Å². The maximum absolute atomic E-state index is 12.1. The average molecular weight is 482 g/mol. The quantitative estimate of drug-likeness (QED) is 0.548. The van der Waals surface area contributed by atoms with Crippen molar-refractivity contribution in [1.82, 2.24) is 25.1 Å². The molecule has 4 rings (SSSR count). The first-order valence-corrected chi connectivity index (χ1v) is 11.9. The number of carbonyl (C=O) groups excluding carboxylic acids is 1. The zero-order chi connectivity index (χ0) is 25.2. The van der Waals surface area contributed by atoms with Gasteiger partial charge in [-0.1, -0.05) is 19.1 Å². The van der Waals surface area contributed by atoms with E-state index in [-0.39, 0.29) is 11.5 Å². The fourth-order valence-corrected chi connectivity index (χ4v) is 4.17. The second kappa shape index (κ2) is 9.59. The van der Waals surface area contributed by atoms with Crippen LogP contribution in [0.15, 0.2) is 30.5 Å². The fraction of sp³-hybridized carbons (Fsp3) is 0.520. The predicted molar refractivity (Wildman–Crippen MR) is 136 cm³/mol. The lowest BCUT2D eigenvalue weighted by Gasteiger charge is -2.40. The number of alkyl carbamates (subject to hydrolysis) is 1. The van der Waals surface area contributed by atoms with Crippen LogP contribution in [-0.4, -0.2) is 58.2 Å². The molecular weight excluding hydrogens is 446 g/mol. The van der Waals surface area contributed by atoms with Crippen LogP contribution in [0.2, 0.25) is 0 Å². The number of nitrogens with zero attached hydrogens (tertiary/aromatic N) is 5. The van der Waals surface area contributed by atoms with Gasteiger partial charge in [-0.15, -0.1) is 0 Å². The molecule has 1 aromatic carbocycles. The van der Waals surface area contributed by atoms with E-state index in [4.69, 9.17) is 20.2 Å². The van der Waals surface area contributed by atoms with Gasteiger partial charge < -0.3 is 25.4 Å². The Bertz CT molecular complexity index is 1180. The minimum absolute atomic E-state index is 0.00843. The Kier molecular flexibility index (Phi) is 6.73. The maximum atomic E-state index is 12.1. The first-order chi connectivity index (χ1) is 16.5. The van der Waals surface area contributed by atoms with Gasteiger partial charge in [0.05, 0.1) is 19.9 Å². The number of rotatable bonds is 6. The summed E-state index contributed by atoms with van der Waals surface area (Å²) in [6.45, 7) is 10.5. The van der Waals surface area contributed by atoms with Crippen LogP contribution >= 0.6 is 0 Å². The van der Waals surface area contributed by atoms with Crippen molar-refractivity contribution in [1.29, 1.82) is 0 Å². The standard InChI is InChI=1S/C25H35N7O3/c1-24(2,3)35-23(33)28-16-25(4)10-12-31(13-11-25)19-14-27-20-21(26)30-32(22(20)29-19)15-17-6-8-18(34-5)9-7-17/h6-9,14H,10-13,15-16H2,1-5H3,(H2,26,30)(H,28,33). The van der Waals surface area contributed by atoms with Gasteiger partial charge in [0.25, 0.3) is 0 Å². The molecule has 3 heterocycles. The van der Waals surface area contributed by atoms with Crippen molar-refractivity contribution < 1.29 is 14.3 Å².